The highest BCUT2D eigenvalue weighted by Gasteiger charge is 2.33. The predicted octanol–water partition coefficient (Wildman–Crippen LogP) is 0.141. The maximum Gasteiger partial charge on any atom is 0.0929 e. The van der Waals surface area contributed by atoms with Gasteiger partial charge in [0.25, 0.3) is 0 Å². The molecule has 1 heterocycles. The van der Waals surface area contributed by atoms with E-state index < -0.39 is 12.2 Å². The Morgan fingerprint density at radius 2 is 1.83 bits per heavy atom. The van der Waals surface area contributed by atoms with E-state index in [4.69, 9.17) is 0 Å². The van der Waals surface area contributed by atoms with Crippen molar-refractivity contribution in [1.29, 1.82) is 0 Å². The van der Waals surface area contributed by atoms with E-state index in [2.05, 4.69) is 29.2 Å². The standard InChI is InChI=1S/C14H21NO3/c1-10-2-4-11(5-3-10)6-15-7-12(9-16)14(18)13(17)8-15/h2-5,12-14,16-18H,6-9H2,1H3/t12-,13-,14-/m1/s1. The predicted molar refractivity (Wildman–Crippen MR) is 69.0 cm³/mol. The lowest BCUT2D eigenvalue weighted by Crippen LogP contribution is -2.53. The number of benzene rings is 1. The summed E-state index contributed by atoms with van der Waals surface area (Å²) in [5.74, 6) is -0.265. The van der Waals surface area contributed by atoms with Crippen molar-refractivity contribution in [2.45, 2.75) is 25.7 Å². The SMILES string of the molecule is Cc1ccc(CN2C[C@H](CO)[C@@H](O)[C@H](O)C2)cc1. The van der Waals surface area contributed by atoms with Crippen LogP contribution in [0.1, 0.15) is 11.1 Å². The summed E-state index contributed by atoms with van der Waals surface area (Å²) in [7, 11) is 0. The second-order valence-corrected chi connectivity index (χ2v) is 5.18. The molecule has 1 fully saturated rings. The molecular formula is C14H21NO3. The minimum atomic E-state index is -0.815. The Labute approximate surface area is 107 Å². The first-order chi connectivity index (χ1) is 8.60. The number of rotatable bonds is 3. The molecule has 0 bridgehead atoms. The monoisotopic (exact) mass is 251 g/mol. The van der Waals surface area contributed by atoms with Gasteiger partial charge in [-0.3, -0.25) is 4.90 Å². The van der Waals surface area contributed by atoms with Crippen molar-refractivity contribution in [1.82, 2.24) is 4.90 Å². The second kappa shape index (κ2) is 5.80. The van der Waals surface area contributed by atoms with Gasteiger partial charge < -0.3 is 15.3 Å². The van der Waals surface area contributed by atoms with Crippen LogP contribution in [0.3, 0.4) is 0 Å². The van der Waals surface area contributed by atoms with Gasteiger partial charge in [0.15, 0.2) is 0 Å². The van der Waals surface area contributed by atoms with E-state index in [1.54, 1.807) is 0 Å². The second-order valence-electron chi connectivity index (χ2n) is 5.18. The van der Waals surface area contributed by atoms with Crippen molar-refractivity contribution >= 4 is 0 Å². The largest absolute Gasteiger partial charge is 0.396 e. The first-order valence-electron chi connectivity index (χ1n) is 6.35. The van der Waals surface area contributed by atoms with Gasteiger partial charge in [-0.2, -0.15) is 0 Å². The van der Waals surface area contributed by atoms with E-state index in [-0.39, 0.29) is 12.5 Å². The molecule has 1 aromatic carbocycles. The van der Waals surface area contributed by atoms with Gasteiger partial charge in [-0.25, -0.2) is 0 Å². The fraction of sp³-hybridized carbons (Fsp3) is 0.571. The van der Waals surface area contributed by atoms with Gasteiger partial charge in [0.05, 0.1) is 12.2 Å². The summed E-state index contributed by atoms with van der Waals surface area (Å²) in [4.78, 5) is 2.07. The Morgan fingerprint density at radius 1 is 1.17 bits per heavy atom. The molecule has 1 aromatic rings. The Bertz CT molecular complexity index is 379. The van der Waals surface area contributed by atoms with Crippen molar-refractivity contribution in [2.75, 3.05) is 19.7 Å². The van der Waals surface area contributed by atoms with E-state index in [0.29, 0.717) is 13.1 Å². The van der Waals surface area contributed by atoms with Crippen LogP contribution in [0, 0.1) is 12.8 Å². The Hall–Kier alpha value is -0.940. The normalized spacial score (nSPS) is 29.4. The van der Waals surface area contributed by atoms with Crippen molar-refractivity contribution in [2.24, 2.45) is 5.92 Å². The number of β-amino-alcohol motifs (C(OH)–C–C–N with tert-alkyl or cyclic N) is 1. The fourth-order valence-electron chi connectivity index (χ4n) is 2.45. The summed E-state index contributed by atoms with van der Waals surface area (Å²) in [6, 6.07) is 8.27. The summed E-state index contributed by atoms with van der Waals surface area (Å²) in [6.07, 6.45) is -1.59. The van der Waals surface area contributed by atoms with Gasteiger partial charge in [-0.15, -0.1) is 0 Å². The smallest absolute Gasteiger partial charge is 0.0929 e. The molecule has 0 spiro atoms. The molecule has 4 nitrogen and oxygen atoms in total. The minimum Gasteiger partial charge on any atom is -0.396 e. The lowest BCUT2D eigenvalue weighted by molar-refractivity contribution is -0.0879. The summed E-state index contributed by atoms with van der Waals surface area (Å²) in [5, 5.41) is 28.7. The molecule has 0 aliphatic carbocycles. The van der Waals surface area contributed by atoms with Crippen LogP contribution in [0.4, 0.5) is 0 Å². The molecule has 3 atom stereocenters. The van der Waals surface area contributed by atoms with E-state index >= 15 is 0 Å². The molecule has 3 N–H and O–H groups in total. The molecular weight excluding hydrogens is 230 g/mol. The molecule has 1 aliphatic heterocycles. The molecule has 0 amide bonds. The zero-order valence-electron chi connectivity index (χ0n) is 10.7. The summed E-state index contributed by atoms with van der Waals surface area (Å²) < 4.78 is 0. The number of piperidine rings is 1. The molecule has 4 heteroatoms. The third-order valence-corrected chi connectivity index (χ3v) is 3.58. The van der Waals surface area contributed by atoms with E-state index in [1.165, 1.54) is 11.1 Å². The number of likely N-dealkylation sites (tertiary alicyclic amines) is 1. The highest BCUT2D eigenvalue weighted by atomic mass is 16.3. The number of aliphatic hydroxyl groups is 3. The number of hydrogen-bond donors (Lipinski definition) is 3. The van der Waals surface area contributed by atoms with E-state index in [1.807, 2.05) is 6.92 Å². The number of nitrogens with zero attached hydrogens (tertiary/aromatic N) is 1. The number of aliphatic hydroxyl groups excluding tert-OH is 3. The summed E-state index contributed by atoms with van der Waals surface area (Å²) in [5.41, 5.74) is 2.40. The molecule has 1 aliphatic rings. The van der Waals surface area contributed by atoms with Crippen LogP contribution in [0.2, 0.25) is 0 Å². The topological polar surface area (TPSA) is 63.9 Å². The fourth-order valence-corrected chi connectivity index (χ4v) is 2.45. The van der Waals surface area contributed by atoms with Crippen LogP contribution in [-0.2, 0) is 6.54 Å². The zero-order valence-corrected chi connectivity index (χ0v) is 10.7. The molecule has 0 saturated carbocycles. The first kappa shape index (κ1) is 13.5. The van der Waals surface area contributed by atoms with Gasteiger partial charge >= 0.3 is 0 Å². The van der Waals surface area contributed by atoms with Gasteiger partial charge in [-0.1, -0.05) is 29.8 Å². The van der Waals surface area contributed by atoms with Crippen LogP contribution in [0.25, 0.3) is 0 Å². The molecule has 18 heavy (non-hydrogen) atoms. The maximum atomic E-state index is 9.77. The van der Waals surface area contributed by atoms with Gasteiger partial charge in [0, 0.05) is 32.2 Å². The van der Waals surface area contributed by atoms with Crippen LogP contribution in [0.5, 0.6) is 0 Å². The van der Waals surface area contributed by atoms with E-state index in [9.17, 15) is 15.3 Å². The van der Waals surface area contributed by atoms with Crippen molar-refractivity contribution < 1.29 is 15.3 Å². The lowest BCUT2D eigenvalue weighted by atomic mass is 9.93. The van der Waals surface area contributed by atoms with Crippen LogP contribution in [0.15, 0.2) is 24.3 Å². The van der Waals surface area contributed by atoms with Gasteiger partial charge in [-0.05, 0) is 12.5 Å². The molecule has 1 saturated heterocycles. The zero-order chi connectivity index (χ0) is 13.1. The van der Waals surface area contributed by atoms with Crippen molar-refractivity contribution in [3.63, 3.8) is 0 Å². The summed E-state index contributed by atoms with van der Waals surface area (Å²) in [6.45, 7) is 3.75. The van der Waals surface area contributed by atoms with Gasteiger partial charge in [0.1, 0.15) is 0 Å². The molecule has 100 valence electrons. The lowest BCUT2D eigenvalue weighted by Gasteiger charge is -2.38. The van der Waals surface area contributed by atoms with Crippen LogP contribution < -0.4 is 0 Å². The minimum absolute atomic E-state index is 0.0946. The molecule has 0 radical (unpaired) electrons. The Balaban J connectivity index is 1.99. The van der Waals surface area contributed by atoms with Crippen molar-refractivity contribution in [3.05, 3.63) is 35.4 Å². The summed E-state index contributed by atoms with van der Waals surface area (Å²) >= 11 is 0. The molecule has 0 unspecified atom stereocenters. The quantitative estimate of drug-likeness (QED) is 0.715. The average molecular weight is 251 g/mol. The molecule has 2 rings (SSSR count). The maximum absolute atomic E-state index is 9.77. The highest BCUT2D eigenvalue weighted by Crippen LogP contribution is 2.19. The van der Waals surface area contributed by atoms with Crippen LogP contribution >= 0.6 is 0 Å². The van der Waals surface area contributed by atoms with Crippen molar-refractivity contribution in [3.8, 4) is 0 Å². The number of aryl methyl sites for hydroxylation is 1. The third kappa shape index (κ3) is 3.09. The number of hydrogen-bond acceptors (Lipinski definition) is 4. The molecule has 0 aromatic heterocycles. The van der Waals surface area contributed by atoms with Crippen LogP contribution in [-0.4, -0.2) is 52.1 Å². The first-order valence-corrected chi connectivity index (χ1v) is 6.35. The Kier molecular flexibility index (Phi) is 4.35. The third-order valence-electron chi connectivity index (χ3n) is 3.58. The van der Waals surface area contributed by atoms with E-state index in [0.717, 1.165) is 6.54 Å². The average Bonchev–Trinajstić information content (AvgIpc) is 2.36. The van der Waals surface area contributed by atoms with Gasteiger partial charge in [0.2, 0.25) is 0 Å². The highest BCUT2D eigenvalue weighted by molar-refractivity contribution is 5.21. The Morgan fingerprint density at radius 3 is 2.44 bits per heavy atom.